The number of pyridine rings is 1. The molecule has 6 heteroatoms. The van der Waals surface area contributed by atoms with Gasteiger partial charge in [-0.15, -0.1) is 0 Å². The highest BCUT2D eigenvalue weighted by Crippen LogP contribution is 2.28. The van der Waals surface area contributed by atoms with Gasteiger partial charge in [0, 0.05) is 57.6 Å². The second kappa shape index (κ2) is 7.26. The molecule has 0 saturated carbocycles. The van der Waals surface area contributed by atoms with Crippen LogP contribution in [-0.4, -0.2) is 45.5 Å². The molecule has 1 saturated heterocycles. The molecule has 1 amide bonds. The van der Waals surface area contributed by atoms with Crippen LogP contribution in [0.15, 0.2) is 37.1 Å². The lowest BCUT2D eigenvalue weighted by Crippen LogP contribution is -2.39. The molecule has 0 bridgehead atoms. The van der Waals surface area contributed by atoms with Gasteiger partial charge >= 0.3 is 0 Å². The smallest absolute Gasteiger partial charge is 0.224 e. The van der Waals surface area contributed by atoms with E-state index in [4.69, 9.17) is 0 Å². The Morgan fingerprint density at radius 1 is 1.43 bits per heavy atom. The van der Waals surface area contributed by atoms with Gasteiger partial charge in [-0.05, 0) is 30.5 Å². The fraction of sp³-hybridized carbons (Fsp3) is 0.471. The zero-order valence-corrected chi connectivity index (χ0v) is 13.5. The molecule has 0 radical (unpaired) electrons. The number of aryl methyl sites for hydroxylation is 1. The van der Waals surface area contributed by atoms with Gasteiger partial charge < -0.3 is 14.8 Å². The molecular weight excluding hydrogens is 290 g/mol. The van der Waals surface area contributed by atoms with E-state index in [2.05, 4.69) is 27.4 Å². The van der Waals surface area contributed by atoms with Crippen LogP contribution in [0.2, 0.25) is 0 Å². The maximum Gasteiger partial charge on any atom is 0.224 e. The number of carbonyl (C=O) groups excluding carboxylic acids is 1. The molecule has 0 aliphatic carbocycles. The van der Waals surface area contributed by atoms with E-state index >= 15 is 0 Å². The van der Waals surface area contributed by atoms with Crippen LogP contribution < -0.4 is 5.32 Å². The van der Waals surface area contributed by atoms with E-state index in [0.29, 0.717) is 18.9 Å². The van der Waals surface area contributed by atoms with Crippen LogP contribution in [0.25, 0.3) is 0 Å². The highest BCUT2D eigenvalue weighted by atomic mass is 16.2. The topological polar surface area (TPSA) is 63.1 Å². The number of aromatic nitrogens is 3. The molecule has 122 valence electrons. The number of rotatable bonds is 5. The first kappa shape index (κ1) is 15.5. The molecule has 0 unspecified atom stereocenters. The van der Waals surface area contributed by atoms with Crippen molar-refractivity contribution in [1.29, 1.82) is 0 Å². The summed E-state index contributed by atoms with van der Waals surface area (Å²) in [4.78, 5) is 22.7. The number of amides is 1. The van der Waals surface area contributed by atoms with E-state index in [9.17, 15) is 4.79 Å². The van der Waals surface area contributed by atoms with Crippen molar-refractivity contribution in [1.82, 2.24) is 19.4 Å². The summed E-state index contributed by atoms with van der Waals surface area (Å²) in [5.74, 6) is 1.51. The van der Waals surface area contributed by atoms with Gasteiger partial charge in [-0.25, -0.2) is 9.97 Å². The minimum absolute atomic E-state index is 0.228. The molecule has 1 aliphatic rings. The summed E-state index contributed by atoms with van der Waals surface area (Å²) in [6.07, 6.45) is 9.93. The van der Waals surface area contributed by atoms with Gasteiger partial charge in [0.15, 0.2) is 0 Å². The third-order valence-corrected chi connectivity index (χ3v) is 4.43. The first-order chi connectivity index (χ1) is 11.3. The molecule has 3 heterocycles. The standard InChI is InChI=1S/C17H23N5O/c1-18-16-11-14(4-6-20-16)15-3-2-8-22(12-15)17(23)5-9-21-10-7-19-13-21/h4,6-7,10-11,13,15H,2-3,5,8-9,12H2,1H3,(H,18,20)/t15-/m0/s1. The quantitative estimate of drug-likeness (QED) is 0.918. The Bertz CT molecular complexity index is 640. The van der Waals surface area contributed by atoms with E-state index in [1.54, 1.807) is 12.5 Å². The Morgan fingerprint density at radius 2 is 2.35 bits per heavy atom. The van der Waals surface area contributed by atoms with Crippen molar-refractivity contribution in [2.24, 2.45) is 0 Å². The number of imidazole rings is 1. The summed E-state index contributed by atoms with van der Waals surface area (Å²) in [6, 6.07) is 4.15. The zero-order chi connectivity index (χ0) is 16.1. The second-order valence-corrected chi connectivity index (χ2v) is 5.95. The van der Waals surface area contributed by atoms with Gasteiger partial charge in [0.1, 0.15) is 5.82 Å². The number of nitrogens with zero attached hydrogens (tertiary/aromatic N) is 4. The Kier molecular flexibility index (Phi) is 4.90. The summed E-state index contributed by atoms with van der Waals surface area (Å²) >= 11 is 0. The highest BCUT2D eigenvalue weighted by Gasteiger charge is 2.24. The van der Waals surface area contributed by atoms with Gasteiger partial charge in [-0.3, -0.25) is 4.79 Å². The van der Waals surface area contributed by atoms with E-state index in [0.717, 1.165) is 31.7 Å². The fourth-order valence-corrected chi connectivity index (χ4v) is 3.12. The molecule has 1 fully saturated rings. The van der Waals surface area contributed by atoms with E-state index in [-0.39, 0.29) is 5.91 Å². The Hall–Kier alpha value is -2.37. The normalized spacial score (nSPS) is 18.0. The third kappa shape index (κ3) is 3.88. The van der Waals surface area contributed by atoms with Crippen LogP contribution in [-0.2, 0) is 11.3 Å². The zero-order valence-electron chi connectivity index (χ0n) is 13.5. The lowest BCUT2D eigenvalue weighted by atomic mass is 9.91. The predicted octanol–water partition coefficient (Wildman–Crippen LogP) is 2.12. The van der Waals surface area contributed by atoms with Crippen molar-refractivity contribution in [3.8, 4) is 0 Å². The molecule has 3 rings (SSSR count). The molecular formula is C17H23N5O. The van der Waals surface area contributed by atoms with Crippen LogP contribution in [0.5, 0.6) is 0 Å². The van der Waals surface area contributed by atoms with Gasteiger partial charge in [0.05, 0.1) is 6.33 Å². The van der Waals surface area contributed by atoms with Crippen molar-refractivity contribution in [2.75, 3.05) is 25.5 Å². The van der Waals surface area contributed by atoms with Crippen molar-refractivity contribution >= 4 is 11.7 Å². The first-order valence-corrected chi connectivity index (χ1v) is 8.13. The SMILES string of the molecule is CNc1cc([C@H]2CCCN(C(=O)CCn3ccnc3)C2)ccn1. The van der Waals surface area contributed by atoms with Gasteiger partial charge in [-0.1, -0.05) is 0 Å². The van der Waals surface area contributed by atoms with E-state index < -0.39 is 0 Å². The number of hydrogen-bond donors (Lipinski definition) is 1. The average molecular weight is 313 g/mol. The average Bonchev–Trinajstić information content (AvgIpc) is 3.13. The molecule has 0 aromatic carbocycles. The van der Waals surface area contributed by atoms with Crippen molar-refractivity contribution in [3.05, 3.63) is 42.6 Å². The number of likely N-dealkylation sites (tertiary alicyclic amines) is 1. The van der Waals surface area contributed by atoms with Crippen LogP contribution in [0.3, 0.4) is 0 Å². The van der Waals surface area contributed by atoms with Gasteiger partial charge in [0.25, 0.3) is 0 Å². The minimum Gasteiger partial charge on any atom is -0.373 e. The molecule has 1 N–H and O–H groups in total. The van der Waals surface area contributed by atoms with Gasteiger partial charge in [-0.2, -0.15) is 0 Å². The summed E-state index contributed by atoms with van der Waals surface area (Å²) in [5.41, 5.74) is 1.26. The number of anilines is 1. The van der Waals surface area contributed by atoms with Crippen LogP contribution in [0.1, 0.15) is 30.7 Å². The number of hydrogen-bond acceptors (Lipinski definition) is 4. The van der Waals surface area contributed by atoms with Crippen LogP contribution in [0, 0.1) is 0 Å². The number of piperidine rings is 1. The number of carbonyl (C=O) groups is 1. The Morgan fingerprint density at radius 3 is 3.13 bits per heavy atom. The second-order valence-electron chi connectivity index (χ2n) is 5.95. The lowest BCUT2D eigenvalue weighted by Gasteiger charge is -2.33. The summed E-state index contributed by atoms with van der Waals surface area (Å²) in [7, 11) is 1.87. The summed E-state index contributed by atoms with van der Waals surface area (Å²) in [5, 5.41) is 3.08. The maximum atomic E-state index is 12.5. The summed E-state index contributed by atoms with van der Waals surface area (Å²) in [6.45, 7) is 2.36. The van der Waals surface area contributed by atoms with E-state index in [1.165, 1.54) is 5.56 Å². The molecule has 2 aromatic heterocycles. The maximum absolute atomic E-state index is 12.5. The Labute approximate surface area is 136 Å². The largest absolute Gasteiger partial charge is 0.373 e. The monoisotopic (exact) mass is 313 g/mol. The fourth-order valence-electron chi connectivity index (χ4n) is 3.12. The molecule has 1 atom stereocenters. The van der Waals surface area contributed by atoms with E-state index in [1.807, 2.05) is 28.9 Å². The summed E-state index contributed by atoms with van der Waals surface area (Å²) < 4.78 is 1.95. The van der Waals surface area contributed by atoms with Crippen molar-refractivity contribution < 1.29 is 4.79 Å². The van der Waals surface area contributed by atoms with Crippen LogP contribution >= 0.6 is 0 Å². The third-order valence-electron chi connectivity index (χ3n) is 4.43. The Balaban J connectivity index is 1.59. The minimum atomic E-state index is 0.228. The molecule has 1 aliphatic heterocycles. The molecule has 6 nitrogen and oxygen atoms in total. The molecule has 2 aromatic rings. The first-order valence-electron chi connectivity index (χ1n) is 8.13. The highest BCUT2D eigenvalue weighted by molar-refractivity contribution is 5.76. The lowest BCUT2D eigenvalue weighted by molar-refractivity contribution is -0.132. The van der Waals surface area contributed by atoms with Crippen molar-refractivity contribution in [3.63, 3.8) is 0 Å². The predicted molar refractivity (Wildman–Crippen MR) is 89.2 cm³/mol. The van der Waals surface area contributed by atoms with Gasteiger partial charge in [0.2, 0.25) is 5.91 Å². The molecule has 23 heavy (non-hydrogen) atoms. The van der Waals surface area contributed by atoms with Crippen LogP contribution in [0.4, 0.5) is 5.82 Å². The van der Waals surface area contributed by atoms with Crippen molar-refractivity contribution in [2.45, 2.75) is 31.7 Å². The molecule has 0 spiro atoms. The number of nitrogens with one attached hydrogen (secondary N) is 1.